The van der Waals surface area contributed by atoms with Crippen molar-refractivity contribution in [3.8, 4) is 0 Å². The number of ether oxygens (including phenoxy) is 2. The summed E-state index contributed by atoms with van der Waals surface area (Å²) in [5, 5.41) is 15.0. The van der Waals surface area contributed by atoms with Crippen LogP contribution in [0.5, 0.6) is 0 Å². The molecule has 0 saturated heterocycles. The molecule has 0 amide bonds. The van der Waals surface area contributed by atoms with Gasteiger partial charge in [0.25, 0.3) is 0 Å². The number of hydrogen-bond donors (Lipinski definition) is 1. The lowest BCUT2D eigenvalue weighted by Gasteiger charge is -2.06. The first-order chi connectivity index (χ1) is 9.38. The van der Waals surface area contributed by atoms with Crippen LogP contribution < -0.4 is 5.32 Å². The molecule has 0 radical (unpaired) electrons. The molecule has 1 heterocycles. The molecule has 0 spiro atoms. The monoisotopic (exact) mass is 271 g/mol. The summed E-state index contributed by atoms with van der Waals surface area (Å²) in [5.41, 5.74) is 0. The van der Waals surface area contributed by atoms with Crippen molar-refractivity contribution in [2.24, 2.45) is 0 Å². The van der Waals surface area contributed by atoms with E-state index in [4.69, 9.17) is 9.47 Å². The fraction of sp³-hybridized carbons (Fsp3) is 0.917. The van der Waals surface area contributed by atoms with Crippen molar-refractivity contribution in [3.05, 3.63) is 5.82 Å². The van der Waals surface area contributed by atoms with Crippen LogP contribution in [0.2, 0.25) is 0 Å². The Morgan fingerprint density at radius 2 is 2.11 bits per heavy atom. The maximum atomic E-state index is 5.40. The number of nitrogens with one attached hydrogen (secondary N) is 1. The van der Waals surface area contributed by atoms with Gasteiger partial charge in [0.1, 0.15) is 0 Å². The summed E-state index contributed by atoms with van der Waals surface area (Å²) in [6, 6.07) is 0. The third-order valence-corrected chi connectivity index (χ3v) is 2.66. The van der Waals surface area contributed by atoms with Gasteiger partial charge in [-0.1, -0.05) is 6.92 Å². The second-order valence-electron chi connectivity index (χ2n) is 4.31. The topological polar surface area (TPSA) is 74.1 Å². The first-order valence-corrected chi connectivity index (χ1v) is 6.91. The molecule has 110 valence electrons. The van der Waals surface area contributed by atoms with E-state index in [-0.39, 0.29) is 0 Å². The molecule has 1 rings (SSSR count). The van der Waals surface area contributed by atoms with Gasteiger partial charge in [0.05, 0.1) is 19.8 Å². The molecule has 0 aliphatic rings. The zero-order chi connectivity index (χ0) is 13.8. The smallest absolute Gasteiger partial charge is 0.165 e. The van der Waals surface area contributed by atoms with Crippen molar-refractivity contribution >= 4 is 0 Å². The zero-order valence-electron chi connectivity index (χ0n) is 12.0. The Balaban J connectivity index is 2.10. The zero-order valence-corrected chi connectivity index (χ0v) is 12.0. The van der Waals surface area contributed by atoms with E-state index in [9.17, 15) is 0 Å². The minimum atomic E-state index is 0.653. The summed E-state index contributed by atoms with van der Waals surface area (Å²) in [7, 11) is 1.68. The van der Waals surface area contributed by atoms with Gasteiger partial charge in [-0.15, -0.1) is 5.10 Å². The molecule has 0 atom stereocenters. The normalized spacial score (nSPS) is 11.1. The summed E-state index contributed by atoms with van der Waals surface area (Å²) in [5.74, 6) is 0.897. The second kappa shape index (κ2) is 10.8. The quantitative estimate of drug-likeness (QED) is 0.562. The number of methoxy groups -OCH3 is 1. The van der Waals surface area contributed by atoms with E-state index in [1.807, 2.05) is 4.68 Å². The van der Waals surface area contributed by atoms with Crippen LogP contribution in [0, 0.1) is 0 Å². The maximum absolute atomic E-state index is 5.40. The average Bonchev–Trinajstić information content (AvgIpc) is 2.86. The van der Waals surface area contributed by atoms with Crippen molar-refractivity contribution in [2.75, 3.05) is 33.5 Å². The summed E-state index contributed by atoms with van der Waals surface area (Å²) < 4.78 is 12.2. The SMILES string of the molecule is CCCNCc1nnnn1CCCCOCCOC. The van der Waals surface area contributed by atoms with E-state index in [2.05, 4.69) is 27.8 Å². The predicted octanol–water partition coefficient (Wildman–Crippen LogP) is 0.616. The van der Waals surface area contributed by atoms with Gasteiger partial charge >= 0.3 is 0 Å². The van der Waals surface area contributed by atoms with Crippen molar-refractivity contribution in [1.29, 1.82) is 0 Å². The molecule has 7 nitrogen and oxygen atoms in total. The van der Waals surface area contributed by atoms with Gasteiger partial charge < -0.3 is 14.8 Å². The van der Waals surface area contributed by atoms with Gasteiger partial charge in [-0.25, -0.2) is 4.68 Å². The molecule has 0 saturated carbocycles. The number of nitrogens with zero attached hydrogens (tertiary/aromatic N) is 4. The van der Waals surface area contributed by atoms with Gasteiger partial charge in [-0.2, -0.15) is 0 Å². The summed E-state index contributed by atoms with van der Waals surface area (Å²) in [4.78, 5) is 0. The van der Waals surface area contributed by atoms with Gasteiger partial charge in [-0.05, 0) is 36.2 Å². The van der Waals surface area contributed by atoms with Crippen LogP contribution in [0.15, 0.2) is 0 Å². The lowest BCUT2D eigenvalue weighted by Crippen LogP contribution is -2.18. The van der Waals surface area contributed by atoms with Crippen LogP contribution in [0.1, 0.15) is 32.0 Å². The second-order valence-corrected chi connectivity index (χ2v) is 4.31. The molecule has 0 aliphatic heterocycles. The highest BCUT2D eigenvalue weighted by Gasteiger charge is 2.04. The lowest BCUT2D eigenvalue weighted by atomic mass is 10.3. The van der Waals surface area contributed by atoms with Gasteiger partial charge in [-0.3, -0.25) is 0 Å². The molecule has 19 heavy (non-hydrogen) atoms. The van der Waals surface area contributed by atoms with E-state index in [0.29, 0.717) is 13.2 Å². The number of hydrogen-bond acceptors (Lipinski definition) is 6. The van der Waals surface area contributed by atoms with Gasteiger partial charge in [0, 0.05) is 20.3 Å². The number of aryl methyl sites for hydroxylation is 1. The van der Waals surface area contributed by atoms with Crippen LogP contribution in [0.4, 0.5) is 0 Å². The Labute approximate surface area is 114 Å². The van der Waals surface area contributed by atoms with Gasteiger partial charge in [0.2, 0.25) is 0 Å². The molecule has 1 N–H and O–H groups in total. The van der Waals surface area contributed by atoms with E-state index >= 15 is 0 Å². The Hall–Kier alpha value is -1.05. The Kier molecular flexibility index (Phi) is 9.13. The first-order valence-electron chi connectivity index (χ1n) is 6.91. The molecule has 0 bridgehead atoms. The van der Waals surface area contributed by atoms with Crippen LogP contribution >= 0.6 is 0 Å². The van der Waals surface area contributed by atoms with Crippen LogP contribution in [-0.4, -0.2) is 53.7 Å². The first kappa shape index (κ1) is 16.0. The van der Waals surface area contributed by atoms with Crippen molar-refractivity contribution in [3.63, 3.8) is 0 Å². The number of unbranched alkanes of at least 4 members (excludes halogenated alkanes) is 1. The maximum Gasteiger partial charge on any atom is 0.165 e. The molecule has 0 aliphatic carbocycles. The van der Waals surface area contributed by atoms with Crippen LogP contribution in [0.25, 0.3) is 0 Å². The third-order valence-electron chi connectivity index (χ3n) is 2.66. The van der Waals surface area contributed by atoms with Crippen LogP contribution in [0.3, 0.4) is 0 Å². The minimum Gasteiger partial charge on any atom is -0.382 e. The number of rotatable bonds is 12. The molecule has 7 heteroatoms. The van der Waals surface area contributed by atoms with Crippen molar-refractivity contribution < 1.29 is 9.47 Å². The standard InChI is InChI=1S/C12H25N5O2/c1-3-6-13-11-12-14-15-16-17(12)7-4-5-8-19-10-9-18-2/h13H,3-11H2,1-2H3. The Morgan fingerprint density at radius 3 is 2.89 bits per heavy atom. The molecule has 0 aromatic carbocycles. The highest BCUT2D eigenvalue weighted by atomic mass is 16.5. The summed E-state index contributed by atoms with van der Waals surface area (Å²) in [6.07, 6.45) is 3.13. The summed E-state index contributed by atoms with van der Waals surface area (Å²) >= 11 is 0. The van der Waals surface area contributed by atoms with E-state index < -0.39 is 0 Å². The average molecular weight is 271 g/mol. The lowest BCUT2D eigenvalue weighted by molar-refractivity contribution is 0.0683. The molecule has 0 fully saturated rings. The highest BCUT2D eigenvalue weighted by molar-refractivity contribution is 4.79. The van der Waals surface area contributed by atoms with Crippen molar-refractivity contribution in [1.82, 2.24) is 25.5 Å². The number of tetrazole rings is 1. The molecule has 0 unspecified atom stereocenters. The Bertz CT molecular complexity index is 319. The fourth-order valence-electron chi connectivity index (χ4n) is 1.61. The molecular formula is C12H25N5O2. The van der Waals surface area contributed by atoms with E-state index in [0.717, 1.165) is 51.3 Å². The molecule has 1 aromatic rings. The molecule has 1 aromatic heterocycles. The minimum absolute atomic E-state index is 0.653. The van der Waals surface area contributed by atoms with Crippen molar-refractivity contribution in [2.45, 2.75) is 39.3 Å². The third kappa shape index (κ3) is 7.19. The highest BCUT2D eigenvalue weighted by Crippen LogP contribution is 1.98. The Morgan fingerprint density at radius 1 is 1.21 bits per heavy atom. The van der Waals surface area contributed by atoms with Crippen LogP contribution in [-0.2, 0) is 22.6 Å². The van der Waals surface area contributed by atoms with Gasteiger partial charge in [0.15, 0.2) is 5.82 Å². The van der Waals surface area contributed by atoms with E-state index in [1.54, 1.807) is 7.11 Å². The van der Waals surface area contributed by atoms with E-state index in [1.165, 1.54) is 0 Å². The summed E-state index contributed by atoms with van der Waals surface area (Å²) in [6.45, 7) is 6.76. The predicted molar refractivity (Wildman–Crippen MR) is 71.7 cm³/mol. The largest absolute Gasteiger partial charge is 0.382 e. The number of aromatic nitrogens is 4. The fourth-order valence-corrected chi connectivity index (χ4v) is 1.61. The molecular weight excluding hydrogens is 246 g/mol.